The maximum absolute atomic E-state index is 12.5. The molecule has 1 amide bonds. The topological polar surface area (TPSA) is 64.8 Å². The van der Waals surface area contributed by atoms with Crippen LogP contribution in [0, 0.1) is 6.92 Å². The number of piperazine rings is 1. The van der Waals surface area contributed by atoms with Crippen molar-refractivity contribution in [1.82, 2.24) is 24.5 Å². The van der Waals surface area contributed by atoms with E-state index in [1.807, 2.05) is 29.7 Å². The number of nitrogens with zero attached hydrogens (tertiary/aromatic N) is 5. The summed E-state index contributed by atoms with van der Waals surface area (Å²) < 4.78 is 1.84. The summed E-state index contributed by atoms with van der Waals surface area (Å²) in [4.78, 5) is 19.0. The first-order valence-corrected chi connectivity index (χ1v) is 8.81. The van der Waals surface area contributed by atoms with Crippen LogP contribution >= 0.6 is 0 Å². The van der Waals surface area contributed by atoms with Gasteiger partial charge in [-0.05, 0) is 26.0 Å². The minimum absolute atomic E-state index is 0.0859. The van der Waals surface area contributed by atoms with Crippen LogP contribution in [-0.2, 0) is 18.3 Å². The van der Waals surface area contributed by atoms with Gasteiger partial charge in [-0.2, -0.15) is 5.10 Å². The summed E-state index contributed by atoms with van der Waals surface area (Å²) in [7, 11) is 4.04. The van der Waals surface area contributed by atoms with Crippen molar-refractivity contribution in [2.75, 3.05) is 46.3 Å². The standard InChI is InChI=1S/C17H29N5O2/c1-13-14(10-18-20(13)3)4-5-17(24)22-11-15(16(23)12-22)21-8-6-19(2)7-9-21/h10,15-16,23H,4-9,11-12H2,1-3H3/t15-,16-/m1/s1. The van der Waals surface area contributed by atoms with Crippen LogP contribution in [0.2, 0.25) is 0 Å². The fraction of sp³-hybridized carbons (Fsp3) is 0.765. The van der Waals surface area contributed by atoms with E-state index in [2.05, 4.69) is 21.9 Å². The highest BCUT2D eigenvalue weighted by Gasteiger charge is 2.38. The normalized spacial score (nSPS) is 26.2. The molecule has 7 nitrogen and oxygen atoms in total. The molecule has 0 aromatic carbocycles. The molecule has 1 aromatic rings. The molecule has 2 atom stereocenters. The lowest BCUT2D eigenvalue weighted by atomic mass is 10.1. The van der Waals surface area contributed by atoms with E-state index in [0.717, 1.165) is 37.4 Å². The third-order valence-electron chi connectivity index (χ3n) is 5.56. The predicted octanol–water partition coefficient (Wildman–Crippen LogP) is -0.520. The number of carbonyl (C=O) groups excluding carboxylic acids is 1. The Morgan fingerprint density at radius 1 is 1.25 bits per heavy atom. The highest BCUT2D eigenvalue weighted by atomic mass is 16.3. The van der Waals surface area contributed by atoms with Gasteiger partial charge in [0.2, 0.25) is 5.91 Å². The second kappa shape index (κ2) is 7.21. The Kier molecular flexibility index (Phi) is 5.22. The van der Waals surface area contributed by atoms with Crippen LogP contribution in [-0.4, -0.2) is 94.0 Å². The fourth-order valence-corrected chi connectivity index (χ4v) is 3.67. The summed E-state index contributed by atoms with van der Waals surface area (Å²) in [6.07, 6.45) is 2.60. The molecule has 24 heavy (non-hydrogen) atoms. The lowest BCUT2D eigenvalue weighted by Gasteiger charge is -2.37. The van der Waals surface area contributed by atoms with Crippen molar-refractivity contribution in [1.29, 1.82) is 0 Å². The lowest BCUT2D eigenvalue weighted by Crippen LogP contribution is -2.52. The minimum atomic E-state index is -0.433. The highest BCUT2D eigenvalue weighted by molar-refractivity contribution is 5.77. The van der Waals surface area contributed by atoms with E-state index in [-0.39, 0.29) is 11.9 Å². The molecule has 2 saturated heterocycles. The third kappa shape index (κ3) is 3.63. The summed E-state index contributed by atoms with van der Waals surface area (Å²) in [6, 6.07) is 0.0859. The Morgan fingerprint density at radius 3 is 2.58 bits per heavy atom. The summed E-state index contributed by atoms with van der Waals surface area (Å²) >= 11 is 0. The quantitative estimate of drug-likeness (QED) is 0.802. The molecular formula is C17H29N5O2. The zero-order chi connectivity index (χ0) is 17.3. The van der Waals surface area contributed by atoms with Crippen LogP contribution in [0.4, 0.5) is 0 Å². The molecule has 1 N–H and O–H groups in total. The first-order chi connectivity index (χ1) is 11.5. The SMILES string of the molecule is Cc1c(CCC(=O)N2C[C@@H](O)[C@H](N3CCN(C)CC3)C2)cnn1C. The summed E-state index contributed by atoms with van der Waals surface area (Å²) in [5, 5.41) is 14.6. The molecular weight excluding hydrogens is 306 g/mol. The molecule has 0 spiro atoms. The highest BCUT2D eigenvalue weighted by Crippen LogP contribution is 2.19. The van der Waals surface area contributed by atoms with Gasteiger partial charge in [0.05, 0.1) is 18.3 Å². The number of rotatable bonds is 4. The second-order valence-corrected chi connectivity index (χ2v) is 7.15. The number of aryl methyl sites for hydroxylation is 2. The number of amides is 1. The molecule has 134 valence electrons. The predicted molar refractivity (Wildman–Crippen MR) is 91.7 cm³/mol. The van der Waals surface area contributed by atoms with E-state index in [1.54, 1.807) is 0 Å². The maximum atomic E-state index is 12.5. The van der Waals surface area contributed by atoms with Crippen LogP contribution in [0.25, 0.3) is 0 Å². The number of aromatic nitrogens is 2. The van der Waals surface area contributed by atoms with Gasteiger partial charge in [0.15, 0.2) is 0 Å². The first-order valence-electron chi connectivity index (χ1n) is 8.81. The third-order valence-corrected chi connectivity index (χ3v) is 5.56. The Labute approximate surface area is 143 Å². The van der Waals surface area contributed by atoms with Gasteiger partial charge in [-0.15, -0.1) is 0 Å². The van der Waals surface area contributed by atoms with Gasteiger partial charge in [0.1, 0.15) is 0 Å². The average molecular weight is 335 g/mol. The zero-order valence-electron chi connectivity index (χ0n) is 15.0. The van der Waals surface area contributed by atoms with E-state index in [0.29, 0.717) is 25.9 Å². The van der Waals surface area contributed by atoms with Gasteiger partial charge in [-0.3, -0.25) is 14.4 Å². The van der Waals surface area contributed by atoms with Gasteiger partial charge >= 0.3 is 0 Å². The number of likely N-dealkylation sites (tertiary alicyclic amines) is 1. The molecule has 0 unspecified atom stereocenters. The average Bonchev–Trinajstić information content (AvgIpc) is 3.10. The Balaban J connectivity index is 1.52. The smallest absolute Gasteiger partial charge is 0.223 e. The zero-order valence-corrected chi connectivity index (χ0v) is 15.0. The monoisotopic (exact) mass is 335 g/mol. The van der Waals surface area contributed by atoms with Gasteiger partial charge < -0.3 is 14.9 Å². The van der Waals surface area contributed by atoms with E-state index in [9.17, 15) is 9.90 Å². The van der Waals surface area contributed by atoms with Crippen LogP contribution in [0.3, 0.4) is 0 Å². The molecule has 2 aliphatic rings. The van der Waals surface area contributed by atoms with Crippen LogP contribution in [0.1, 0.15) is 17.7 Å². The van der Waals surface area contributed by atoms with E-state index in [1.165, 1.54) is 0 Å². The number of aliphatic hydroxyl groups is 1. The molecule has 7 heteroatoms. The lowest BCUT2D eigenvalue weighted by molar-refractivity contribution is -0.130. The summed E-state index contributed by atoms with van der Waals surface area (Å²) in [6.45, 7) is 7.12. The van der Waals surface area contributed by atoms with Crippen LogP contribution in [0.5, 0.6) is 0 Å². The van der Waals surface area contributed by atoms with E-state index in [4.69, 9.17) is 0 Å². The molecule has 0 saturated carbocycles. The largest absolute Gasteiger partial charge is 0.390 e. The van der Waals surface area contributed by atoms with Crippen LogP contribution in [0.15, 0.2) is 6.20 Å². The number of carbonyl (C=O) groups is 1. The number of hydrogen-bond acceptors (Lipinski definition) is 5. The van der Waals surface area contributed by atoms with Gasteiger partial charge in [0.25, 0.3) is 0 Å². The second-order valence-electron chi connectivity index (χ2n) is 7.15. The maximum Gasteiger partial charge on any atom is 0.223 e. The molecule has 0 radical (unpaired) electrons. The van der Waals surface area contributed by atoms with Crippen LogP contribution < -0.4 is 0 Å². The van der Waals surface area contributed by atoms with E-state index >= 15 is 0 Å². The van der Waals surface area contributed by atoms with Crippen molar-refractivity contribution in [3.63, 3.8) is 0 Å². The Bertz CT molecular complexity index is 580. The van der Waals surface area contributed by atoms with Crippen molar-refractivity contribution < 1.29 is 9.90 Å². The van der Waals surface area contributed by atoms with Gasteiger partial charge in [0, 0.05) is 58.4 Å². The van der Waals surface area contributed by atoms with Gasteiger partial charge in [-0.25, -0.2) is 0 Å². The molecule has 3 rings (SSSR count). The Morgan fingerprint density at radius 2 is 1.96 bits per heavy atom. The fourth-order valence-electron chi connectivity index (χ4n) is 3.67. The molecule has 2 aliphatic heterocycles. The molecule has 3 heterocycles. The molecule has 1 aromatic heterocycles. The summed E-state index contributed by atoms with van der Waals surface area (Å²) in [5.74, 6) is 0.133. The minimum Gasteiger partial charge on any atom is -0.390 e. The Hall–Kier alpha value is -1.44. The summed E-state index contributed by atoms with van der Waals surface area (Å²) in [5.41, 5.74) is 2.24. The number of β-amino-alcohol motifs (C(OH)–C–C–N with tert-alkyl or cyclic N) is 1. The van der Waals surface area contributed by atoms with Crippen molar-refractivity contribution in [3.05, 3.63) is 17.5 Å². The molecule has 2 fully saturated rings. The number of likely N-dealkylation sites (N-methyl/N-ethyl adjacent to an activating group) is 1. The van der Waals surface area contributed by atoms with Gasteiger partial charge in [-0.1, -0.05) is 0 Å². The first kappa shape index (κ1) is 17.4. The van der Waals surface area contributed by atoms with E-state index < -0.39 is 6.10 Å². The molecule has 0 aliphatic carbocycles. The molecule has 0 bridgehead atoms. The van der Waals surface area contributed by atoms with Crippen molar-refractivity contribution in [3.8, 4) is 0 Å². The number of aliphatic hydroxyl groups excluding tert-OH is 1. The van der Waals surface area contributed by atoms with Crippen molar-refractivity contribution in [2.24, 2.45) is 7.05 Å². The number of hydrogen-bond donors (Lipinski definition) is 1. The van der Waals surface area contributed by atoms with Crippen molar-refractivity contribution >= 4 is 5.91 Å². The van der Waals surface area contributed by atoms with Crippen molar-refractivity contribution in [2.45, 2.75) is 31.9 Å².